The first-order valence-electron chi connectivity index (χ1n) is 7.64. The van der Waals surface area contributed by atoms with Crippen molar-refractivity contribution in [2.75, 3.05) is 20.6 Å². The molecule has 0 fully saturated rings. The number of nitrogens with zero attached hydrogens (tertiary/aromatic N) is 1. The van der Waals surface area contributed by atoms with Gasteiger partial charge in [0.05, 0.1) is 12.3 Å². The van der Waals surface area contributed by atoms with Gasteiger partial charge in [0, 0.05) is 22.5 Å². The largest absolute Gasteiger partial charge is 0.468 e. The van der Waals surface area contributed by atoms with Gasteiger partial charge in [0.25, 0.3) is 5.91 Å². The van der Waals surface area contributed by atoms with E-state index in [9.17, 15) is 4.79 Å². The first kappa shape index (κ1) is 16.6. The molecule has 0 saturated carbocycles. The van der Waals surface area contributed by atoms with Crippen LogP contribution in [0.5, 0.6) is 0 Å². The molecule has 3 rings (SSSR count). The number of rotatable bonds is 5. The first-order valence-corrected chi connectivity index (χ1v) is 8.02. The number of amides is 1. The molecule has 0 bridgehead atoms. The van der Waals surface area contributed by atoms with Gasteiger partial charge < -0.3 is 14.2 Å². The molecule has 2 aromatic heterocycles. The number of hydrogen-bond donors (Lipinski definition) is 1. The van der Waals surface area contributed by atoms with Crippen molar-refractivity contribution in [3.8, 4) is 0 Å². The highest BCUT2D eigenvalue weighted by molar-refractivity contribution is 6.31. The van der Waals surface area contributed by atoms with Crippen molar-refractivity contribution in [3.05, 3.63) is 58.7 Å². The molecular formula is C18H19ClN2O3. The number of benzene rings is 1. The normalized spacial score (nSPS) is 12.7. The zero-order chi connectivity index (χ0) is 17.3. The Morgan fingerprint density at radius 2 is 2.12 bits per heavy atom. The second-order valence-electron chi connectivity index (χ2n) is 5.90. The average molecular weight is 347 g/mol. The van der Waals surface area contributed by atoms with Crippen LogP contribution < -0.4 is 5.32 Å². The number of nitrogens with one attached hydrogen (secondary N) is 1. The summed E-state index contributed by atoms with van der Waals surface area (Å²) in [6, 6.07) is 8.99. The average Bonchev–Trinajstić information content (AvgIpc) is 3.16. The maximum Gasteiger partial charge on any atom is 0.287 e. The Kier molecular flexibility index (Phi) is 4.64. The second-order valence-corrected chi connectivity index (χ2v) is 6.34. The maximum absolute atomic E-state index is 12.5. The molecule has 0 aliphatic carbocycles. The first-order chi connectivity index (χ1) is 11.5. The Morgan fingerprint density at radius 1 is 1.33 bits per heavy atom. The van der Waals surface area contributed by atoms with Crippen molar-refractivity contribution in [2.45, 2.75) is 13.0 Å². The van der Waals surface area contributed by atoms with Crippen LogP contribution in [0.3, 0.4) is 0 Å². The fourth-order valence-corrected chi connectivity index (χ4v) is 2.87. The van der Waals surface area contributed by atoms with Crippen molar-refractivity contribution in [1.82, 2.24) is 10.2 Å². The summed E-state index contributed by atoms with van der Waals surface area (Å²) in [5, 5.41) is 4.38. The summed E-state index contributed by atoms with van der Waals surface area (Å²) in [5.74, 6) is 0.857. The third-order valence-electron chi connectivity index (χ3n) is 4.06. The van der Waals surface area contributed by atoms with E-state index in [1.807, 2.05) is 38.1 Å². The number of halogens is 1. The third kappa shape index (κ3) is 3.18. The fraction of sp³-hybridized carbons (Fsp3) is 0.278. The summed E-state index contributed by atoms with van der Waals surface area (Å²) in [4.78, 5) is 14.5. The van der Waals surface area contributed by atoms with Gasteiger partial charge in [-0.3, -0.25) is 9.69 Å². The summed E-state index contributed by atoms with van der Waals surface area (Å²) in [5.41, 5.74) is 1.43. The lowest BCUT2D eigenvalue weighted by Crippen LogP contribution is -2.34. The highest BCUT2D eigenvalue weighted by Gasteiger charge is 2.21. The Morgan fingerprint density at radius 3 is 2.79 bits per heavy atom. The fourth-order valence-electron chi connectivity index (χ4n) is 2.70. The second kappa shape index (κ2) is 6.71. The molecule has 1 N–H and O–H groups in total. The Hall–Kier alpha value is -2.24. The smallest absolute Gasteiger partial charge is 0.287 e. The molecule has 0 saturated heterocycles. The lowest BCUT2D eigenvalue weighted by atomic mass is 10.1. The lowest BCUT2D eigenvalue weighted by Gasteiger charge is -2.22. The molecule has 6 heteroatoms. The number of furan rings is 2. The molecule has 3 aromatic rings. The van der Waals surface area contributed by atoms with Crippen LogP contribution in [0.4, 0.5) is 0 Å². The van der Waals surface area contributed by atoms with Crippen molar-refractivity contribution in [1.29, 1.82) is 0 Å². The zero-order valence-corrected chi connectivity index (χ0v) is 14.6. The van der Waals surface area contributed by atoms with Gasteiger partial charge in [0.15, 0.2) is 5.76 Å². The summed E-state index contributed by atoms with van der Waals surface area (Å²) < 4.78 is 11.1. The third-order valence-corrected chi connectivity index (χ3v) is 4.29. The maximum atomic E-state index is 12.5. The number of aryl methyl sites for hydroxylation is 1. The van der Waals surface area contributed by atoms with Crippen LogP contribution in [0, 0.1) is 6.92 Å². The van der Waals surface area contributed by atoms with E-state index in [-0.39, 0.29) is 11.9 Å². The van der Waals surface area contributed by atoms with Crippen molar-refractivity contribution >= 4 is 28.5 Å². The van der Waals surface area contributed by atoms with Gasteiger partial charge in [-0.15, -0.1) is 0 Å². The molecule has 5 nitrogen and oxygen atoms in total. The van der Waals surface area contributed by atoms with E-state index >= 15 is 0 Å². The molecule has 1 aromatic carbocycles. The molecule has 0 spiro atoms. The quantitative estimate of drug-likeness (QED) is 0.758. The van der Waals surface area contributed by atoms with Crippen LogP contribution in [-0.4, -0.2) is 31.4 Å². The molecule has 1 amide bonds. The van der Waals surface area contributed by atoms with Crippen LogP contribution >= 0.6 is 11.6 Å². The van der Waals surface area contributed by atoms with Crippen molar-refractivity contribution in [3.63, 3.8) is 0 Å². The van der Waals surface area contributed by atoms with E-state index in [2.05, 4.69) is 5.32 Å². The lowest BCUT2D eigenvalue weighted by molar-refractivity contribution is 0.0912. The van der Waals surface area contributed by atoms with Gasteiger partial charge in [-0.25, -0.2) is 0 Å². The highest BCUT2D eigenvalue weighted by Crippen LogP contribution is 2.28. The van der Waals surface area contributed by atoms with Gasteiger partial charge in [-0.1, -0.05) is 11.6 Å². The topological polar surface area (TPSA) is 58.6 Å². The van der Waals surface area contributed by atoms with Gasteiger partial charge in [0.1, 0.15) is 11.3 Å². The number of carbonyl (C=O) groups is 1. The minimum Gasteiger partial charge on any atom is -0.468 e. The molecule has 0 unspecified atom stereocenters. The zero-order valence-electron chi connectivity index (χ0n) is 13.8. The van der Waals surface area contributed by atoms with E-state index in [0.717, 1.165) is 16.7 Å². The van der Waals surface area contributed by atoms with E-state index in [1.165, 1.54) is 0 Å². The molecule has 2 heterocycles. The molecule has 1 atom stereocenters. The van der Waals surface area contributed by atoms with Crippen LogP contribution in [0.15, 0.2) is 45.4 Å². The number of carbonyl (C=O) groups excluding carboxylic acids is 1. The summed E-state index contributed by atoms with van der Waals surface area (Å²) in [6.07, 6.45) is 1.63. The van der Waals surface area contributed by atoms with Gasteiger partial charge >= 0.3 is 0 Å². The number of fused-ring (bicyclic) bond motifs is 1. The van der Waals surface area contributed by atoms with Crippen molar-refractivity contribution in [2.24, 2.45) is 0 Å². The molecular weight excluding hydrogens is 328 g/mol. The molecule has 0 aliphatic heterocycles. The van der Waals surface area contributed by atoms with Gasteiger partial charge in [-0.2, -0.15) is 0 Å². The van der Waals surface area contributed by atoms with Crippen LogP contribution in [0.25, 0.3) is 11.0 Å². The van der Waals surface area contributed by atoms with Crippen LogP contribution in [0.1, 0.15) is 27.9 Å². The Labute approximate surface area is 145 Å². The monoisotopic (exact) mass is 346 g/mol. The van der Waals surface area contributed by atoms with Crippen molar-refractivity contribution < 1.29 is 13.6 Å². The van der Waals surface area contributed by atoms with Gasteiger partial charge in [-0.05, 0) is 51.4 Å². The van der Waals surface area contributed by atoms with Gasteiger partial charge in [0.2, 0.25) is 0 Å². The van der Waals surface area contributed by atoms with E-state index in [1.54, 1.807) is 24.5 Å². The van der Waals surface area contributed by atoms with E-state index in [0.29, 0.717) is 22.9 Å². The summed E-state index contributed by atoms with van der Waals surface area (Å²) in [6.45, 7) is 2.27. The van der Waals surface area contributed by atoms with E-state index in [4.69, 9.17) is 20.4 Å². The molecule has 24 heavy (non-hydrogen) atoms. The Bertz CT molecular complexity index is 853. The van der Waals surface area contributed by atoms with Crippen LogP contribution in [0.2, 0.25) is 5.02 Å². The minimum absolute atomic E-state index is 0.0527. The standard InChI is InChI=1S/C18H19ClN2O3/c1-11-13-9-12(19)6-7-15(13)24-17(11)18(22)20-10-14(21(2)3)16-5-4-8-23-16/h4-9,14H,10H2,1-3H3,(H,20,22)/t14-/m0/s1. The molecule has 126 valence electrons. The van der Waals surface area contributed by atoms with Crippen LogP contribution in [-0.2, 0) is 0 Å². The number of likely N-dealkylation sites (N-methyl/N-ethyl adjacent to an activating group) is 1. The SMILES string of the molecule is Cc1c(C(=O)NC[C@@H](c2ccco2)N(C)C)oc2ccc(Cl)cc12. The number of hydrogen-bond acceptors (Lipinski definition) is 4. The summed E-state index contributed by atoms with van der Waals surface area (Å²) in [7, 11) is 3.88. The molecule has 0 radical (unpaired) electrons. The predicted octanol–water partition coefficient (Wildman–Crippen LogP) is 4.02. The molecule has 0 aliphatic rings. The highest BCUT2D eigenvalue weighted by atomic mass is 35.5. The Balaban J connectivity index is 1.79. The summed E-state index contributed by atoms with van der Waals surface area (Å²) >= 11 is 6.02. The minimum atomic E-state index is -0.252. The van der Waals surface area contributed by atoms with E-state index < -0.39 is 0 Å². The predicted molar refractivity (Wildman–Crippen MR) is 93.4 cm³/mol.